The molecule has 1 saturated carbocycles. The molecule has 0 atom stereocenters. The van der Waals surface area contributed by atoms with E-state index in [2.05, 4.69) is 10.6 Å². The molecule has 2 rings (SSSR count). The summed E-state index contributed by atoms with van der Waals surface area (Å²) < 4.78 is 10.6. The maximum Gasteiger partial charge on any atom is 0.263 e. The van der Waals surface area contributed by atoms with Crippen LogP contribution >= 0.6 is 0 Å². The standard InChI is InChI=1S/C18H23N3O3/c1-23-16-6-8-17(9-7-16)24-11-10-20-13-14(12-19)18(22)21-15-4-2-3-5-15/h6-9,13,15,20H,2-5,10-11H2,1H3,(H,21,22)/b14-13-. The Kier molecular flexibility index (Phi) is 6.96. The van der Waals surface area contributed by atoms with Crippen molar-refractivity contribution in [1.29, 1.82) is 5.26 Å². The Morgan fingerprint density at radius 2 is 1.96 bits per heavy atom. The summed E-state index contributed by atoms with van der Waals surface area (Å²) in [4.78, 5) is 12.0. The number of carbonyl (C=O) groups is 1. The molecule has 6 heteroatoms. The third kappa shape index (κ3) is 5.51. The second-order valence-electron chi connectivity index (χ2n) is 5.60. The van der Waals surface area contributed by atoms with E-state index in [0.29, 0.717) is 13.2 Å². The van der Waals surface area contributed by atoms with Gasteiger partial charge in [0.1, 0.15) is 29.7 Å². The number of nitrogens with one attached hydrogen (secondary N) is 2. The smallest absolute Gasteiger partial charge is 0.263 e. The fraction of sp³-hybridized carbons (Fsp3) is 0.444. The first-order valence-corrected chi connectivity index (χ1v) is 8.14. The number of methoxy groups -OCH3 is 1. The summed E-state index contributed by atoms with van der Waals surface area (Å²) in [6, 6.07) is 9.42. The Labute approximate surface area is 142 Å². The van der Waals surface area contributed by atoms with Crippen LogP contribution in [0, 0.1) is 11.3 Å². The van der Waals surface area contributed by atoms with Gasteiger partial charge in [0, 0.05) is 18.8 Å². The van der Waals surface area contributed by atoms with E-state index in [0.717, 1.165) is 37.2 Å². The minimum absolute atomic E-state index is 0.0892. The molecule has 0 bridgehead atoms. The van der Waals surface area contributed by atoms with Crippen molar-refractivity contribution in [1.82, 2.24) is 10.6 Å². The molecule has 0 radical (unpaired) electrons. The summed E-state index contributed by atoms with van der Waals surface area (Å²) in [6.45, 7) is 0.916. The summed E-state index contributed by atoms with van der Waals surface area (Å²) in [6.07, 6.45) is 5.71. The van der Waals surface area contributed by atoms with Crippen LogP contribution in [0.4, 0.5) is 0 Å². The molecule has 1 aliphatic carbocycles. The van der Waals surface area contributed by atoms with Gasteiger partial charge >= 0.3 is 0 Å². The van der Waals surface area contributed by atoms with Crippen LogP contribution in [0.3, 0.4) is 0 Å². The Bertz CT molecular complexity index is 599. The third-order valence-corrected chi connectivity index (χ3v) is 3.88. The topological polar surface area (TPSA) is 83.4 Å². The first kappa shape index (κ1) is 17.7. The fourth-order valence-electron chi connectivity index (χ4n) is 2.56. The predicted octanol–water partition coefficient (Wildman–Crippen LogP) is 2.13. The highest BCUT2D eigenvalue weighted by atomic mass is 16.5. The number of hydrogen-bond acceptors (Lipinski definition) is 5. The Morgan fingerprint density at radius 1 is 1.29 bits per heavy atom. The average Bonchev–Trinajstić information content (AvgIpc) is 3.11. The number of carbonyl (C=O) groups excluding carboxylic acids is 1. The second-order valence-corrected chi connectivity index (χ2v) is 5.60. The van der Waals surface area contributed by atoms with Crippen molar-refractivity contribution in [3.8, 4) is 17.6 Å². The summed E-state index contributed by atoms with van der Waals surface area (Å²) in [5.74, 6) is 1.20. The maximum atomic E-state index is 12.0. The molecule has 1 aromatic carbocycles. The van der Waals surface area contributed by atoms with Crippen LogP contribution in [0.25, 0.3) is 0 Å². The van der Waals surface area contributed by atoms with Gasteiger partial charge < -0.3 is 20.1 Å². The van der Waals surface area contributed by atoms with Gasteiger partial charge in [-0.3, -0.25) is 4.79 Å². The number of rotatable bonds is 8. The molecule has 0 heterocycles. The zero-order valence-electron chi connectivity index (χ0n) is 13.9. The zero-order valence-corrected chi connectivity index (χ0v) is 13.9. The molecule has 0 spiro atoms. The lowest BCUT2D eigenvalue weighted by molar-refractivity contribution is -0.117. The van der Waals surface area contributed by atoms with E-state index >= 15 is 0 Å². The molecule has 1 aliphatic rings. The van der Waals surface area contributed by atoms with Gasteiger partial charge in [-0.05, 0) is 37.1 Å². The van der Waals surface area contributed by atoms with Crippen LogP contribution in [-0.4, -0.2) is 32.2 Å². The lowest BCUT2D eigenvalue weighted by atomic mass is 10.2. The molecule has 128 valence electrons. The van der Waals surface area contributed by atoms with Crippen molar-refractivity contribution in [2.45, 2.75) is 31.7 Å². The molecule has 0 unspecified atom stereocenters. The average molecular weight is 329 g/mol. The second kappa shape index (κ2) is 9.46. The highest BCUT2D eigenvalue weighted by molar-refractivity contribution is 5.97. The number of benzene rings is 1. The number of hydrogen-bond donors (Lipinski definition) is 2. The van der Waals surface area contributed by atoms with E-state index in [1.165, 1.54) is 6.20 Å². The summed E-state index contributed by atoms with van der Waals surface area (Å²) in [7, 11) is 1.61. The number of nitriles is 1. The van der Waals surface area contributed by atoms with Crippen molar-refractivity contribution in [3.63, 3.8) is 0 Å². The summed E-state index contributed by atoms with van der Waals surface area (Å²) >= 11 is 0. The largest absolute Gasteiger partial charge is 0.497 e. The van der Waals surface area contributed by atoms with Crippen molar-refractivity contribution in [2.75, 3.05) is 20.3 Å². The highest BCUT2D eigenvalue weighted by Crippen LogP contribution is 2.18. The van der Waals surface area contributed by atoms with Crippen LogP contribution < -0.4 is 20.1 Å². The molecule has 1 amide bonds. The van der Waals surface area contributed by atoms with Gasteiger partial charge in [0.15, 0.2) is 0 Å². The Hall–Kier alpha value is -2.68. The van der Waals surface area contributed by atoms with Crippen molar-refractivity contribution < 1.29 is 14.3 Å². The van der Waals surface area contributed by atoms with Gasteiger partial charge in [0.2, 0.25) is 0 Å². The fourth-order valence-corrected chi connectivity index (χ4v) is 2.56. The predicted molar refractivity (Wildman–Crippen MR) is 90.6 cm³/mol. The van der Waals surface area contributed by atoms with E-state index in [1.807, 2.05) is 30.3 Å². The molecule has 1 fully saturated rings. The van der Waals surface area contributed by atoms with E-state index in [-0.39, 0.29) is 17.5 Å². The van der Waals surface area contributed by atoms with E-state index in [1.54, 1.807) is 7.11 Å². The molecule has 0 saturated heterocycles. The van der Waals surface area contributed by atoms with Crippen LogP contribution in [0.2, 0.25) is 0 Å². The lowest BCUT2D eigenvalue weighted by Crippen LogP contribution is -2.34. The van der Waals surface area contributed by atoms with Gasteiger partial charge in [-0.25, -0.2) is 0 Å². The molecule has 0 aliphatic heterocycles. The Morgan fingerprint density at radius 3 is 2.58 bits per heavy atom. The summed E-state index contributed by atoms with van der Waals surface area (Å²) in [5, 5.41) is 14.9. The summed E-state index contributed by atoms with van der Waals surface area (Å²) in [5.41, 5.74) is 0.0892. The molecule has 2 N–H and O–H groups in total. The van der Waals surface area contributed by atoms with E-state index < -0.39 is 0 Å². The monoisotopic (exact) mass is 329 g/mol. The van der Waals surface area contributed by atoms with Crippen molar-refractivity contribution >= 4 is 5.91 Å². The molecular weight excluding hydrogens is 306 g/mol. The van der Waals surface area contributed by atoms with Crippen LogP contribution in [0.1, 0.15) is 25.7 Å². The third-order valence-electron chi connectivity index (χ3n) is 3.88. The van der Waals surface area contributed by atoms with Crippen LogP contribution in [0.5, 0.6) is 11.5 Å². The van der Waals surface area contributed by atoms with Gasteiger partial charge in [0.05, 0.1) is 7.11 Å². The molecular formula is C18H23N3O3. The Balaban J connectivity index is 1.70. The van der Waals surface area contributed by atoms with Crippen LogP contribution in [0.15, 0.2) is 36.0 Å². The van der Waals surface area contributed by atoms with E-state index in [9.17, 15) is 4.79 Å². The number of nitrogens with zero attached hydrogens (tertiary/aromatic N) is 1. The lowest BCUT2D eigenvalue weighted by Gasteiger charge is -2.11. The van der Waals surface area contributed by atoms with E-state index in [4.69, 9.17) is 14.7 Å². The first-order chi connectivity index (χ1) is 11.7. The molecule has 24 heavy (non-hydrogen) atoms. The maximum absolute atomic E-state index is 12.0. The van der Waals surface area contributed by atoms with Gasteiger partial charge in [-0.2, -0.15) is 5.26 Å². The van der Waals surface area contributed by atoms with Gasteiger partial charge in [0.25, 0.3) is 5.91 Å². The minimum atomic E-state index is -0.312. The van der Waals surface area contributed by atoms with Gasteiger partial charge in [-0.15, -0.1) is 0 Å². The minimum Gasteiger partial charge on any atom is -0.497 e. The SMILES string of the molecule is COc1ccc(OCCN/C=C(/C#N)C(=O)NC2CCCC2)cc1. The van der Waals surface area contributed by atoms with Crippen molar-refractivity contribution in [2.24, 2.45) is 0 Å². The first-order valence-electron chi connectivity index (χ1n) is 8.14. The van der Waals surface area contributed by atoms with Gasteiger partial charge in [-0.1, -0.05) is 12.8 Å². The molecule has 0 aromatic heterocycles. The normalized spacial score (nSPS) is 14.8. The highest BCUT2D eigenvalue weighted by Gasteiger charge is 2.19. The quantitative estimate of drug-likeness (QED) is 0.434. The zero-order chi connectivity index (χ0) is 17.2. The number of ether oxygens (including phenoxy) is 2. The van der Waals surface area contributed by atoms with Crippen LogP contribution in [-0.2, 0) is 4.79 Å². The molecule has 6 nitrogen and oxygen atoms in total. The van der Waals surface area contributed by atoms with Crippen molar-refractivity contribution in [3.05, 3.63) is 36.0 Å². The number of amides is 1. The molecule has 1 aromatic rings.